The van der Waals surface area contributed by atoms with Crippen molar-refractivity contribution in [3.05, 3.63) is 60.8 Å². The summed E-state index contributed by atoms with van der Waals surface area (Å²) in [5.74, 6) is -0.251. The van der Waals surface area contributed by atoms with Crippen LogP contribution in [-0.2, 0) is 23.8 Å². The Morgan fingerprint density at radius 3 is 1.61 bits per heavy atom. The third-order valence-corrected chi connectivity index (χ3v) is 12.3. The number of ether oxygens (including phenoxy) is 3. The quantitative estimate of drug-likeness (QED) is 0.0196. The van der Waals surface area contributed by atoms with Gasteiger partial charge in [0.15, 0.2) is 6.29 Å². The second kappa shape index (κ2) is 45.8. The number of aliphatic hydroxyl groups excluding tert-OH is 5. The summed E-state index contributed by atoms with van der Waals surface area (Å²) in [4.78, 5) is 25.0. The molecule has 0 aromatic heterocycles. The zero-order valence-corrected chi connectivity index (χ0v) is 42.3. The van der Waals surface area contributed by atoms with Crippen LogP contribution in [0.25, 0.3) is 0 Å². The van der Waals surface area contributed by atoms with Crippen LogP contribution in [0.4, 0.5) is 0 Å². The molecule has 0 aromatic carbocycles. The molecule has 0 saturated carbocycles. The maximum Gasteiger partial charge on any atom is 0.305 e. The predicted molar refractivity (Wildman–Crippen MR) is 273 cm³/mol. The molecule has 1 amide bonds. The minimum Gasteiger partial charge on any atom is -0.466 e. The largest absolute Gasteiger partial charge is 0.466 e. The maximum atomic E-state index is 13.0. The smallest absolute Gasteiger partial charge is 0.305 e. The van der Waals surface area contributed by atoms with Crippen molar-refractivity contribution in [2.45, 2.75) is 262 Å². The summed E-state index contributed by atoms with van der Waals surface area (Å²) >= 11 is 0. The number of nitrogens with one attached hydrogen (secondary N) is 1. The lowest BCUT2D eigenvalue weighted by Gasteiger charge is -2.40. The molecule has 0 aliphatic carbocycles. The summed E-state index contributed by atoms with van der Waals surface area (Å²) in [6.45, 7) is 4.17. The van der Waals surface area contributed by atoms with Crippen molar-refractivity contribution in [2.24, 2.45) is 0 Å². The molecule has 0 radical (unpaired) electrons. The van der Waals surface area contributed by atoms with Crippen molar-refractivity contribution in [2.75, 3.05) is 19.8 Å². The lowest BCUT2D eigenvalue weighted by molar-refractivity contribution is -0.302. The van der Waals surface area contributed by atoms with Gasteiger partial charge in [-0.05, 0) is 89.9 Å². The Morgan fingerprint density at radius 2 is 1.04 bits per heavy atom. The van der Waals surface area contributed by atoms with Crippen molar-refractivity contribution in [3.8, 4) is 0 Å². The van der Waals surface area contributed by atoms with Gasteiger partial charge in [-0.2, -0.15) is 0 Å². The molecule has 1 rings (SSSR count). The first-order valence-electron chi connectivity index (χ1n) is 27.1. The van der Waals surface area contributed by atoms with Crippen LogP contribution >= 0.6 is 0 Å². The van der Waals surface area contributed by atoms with Gasteiger partial charge in [0.05, 0.1) is 32.0 Å². The van der Waals surface area contributed by atoms with Gasteiger partial charge in [-0.15, -0.1) is 0 Å². The maximum absolute atomic E-state index is 13.0. The van der Waals surface area contributed by atoms with Crippen LogP contribution in [0.15, 0.2) is 60.8 Å². The van der Waals surface area contributed by atoms with Crippen molar-refractivity contribution < 1.29 is 49.3 Å². The Hall–Kier alpha value is -2.64. The molecule has 1 fully saturated rings. The molecule has 1 aliphatic rings. The molecule has 1 heterocycles. The number of carbonyl (C=O) groups is 2. The molecule has 0 bridgehead atoms. The van der Waals surface area contributed by atoms with Crippen molar-refractivity contribution in [3.63, 3.8) is 0 Å². The molecule has 0 spiro atoms. The van der Waals surface area contributed by atoms with Gasteiger partial charge in [-0.3, -0.25) is 9.59 Å². The molecule has 7 unspecified atom stereocenters. The Labute approximate surface area is 408 Å². The minimum atomic E-state index is -1.59. The van der Waals surface area contributed by atoms with Gasteiger partial charge in [0.25, 0.3) is 0 Å². The van der Waals surface area contributed by atoms with Crippen LogP contribution in [-0.4, -0.2) is 100 Å². The number of hydrogen-bond acceptors (Lipinski definition) is 10. The van der Waals surface area contributed by atoms with Crippen LogP contribution in [0.2, 0.25) is 0 Å². The number of rotatable bonds is 45. The van der Waals surface area contributed by atoms with Crippen LogP contribution < -0.4 is 5.32 Å². The van der Waals surface area contributed by atoms with Gasteiger partial charge in [0.1, 0.15) is 24.4 Å². The molecule has 6 N–H and O–H groups in total. The highest BCUT2D eigenvalue weighted by Crippen LogP contribution is 2.23. The molecule has 11 nitrogen and oxygen atoms in total. The van der Waals surface area contributed by atoms with E-state index in [-0.39, 0.29) is 18.5 Å². The third kappa shape index (κ3) is 36.0. The first-order chi connectivity index (χ1) is 32.7. The molecule has 0 aromatic rings. The number of aliphatic hydroxyl groups is 5. The van der Waals surface area contributed by atoms with Gasteiger partial charge >= 0.3 is 5.97 Å². The van der Waals surface area contributed by atoms with Gasteiger partial charge < -0.3 is 45.1 Å². The summed E-state index contributed by atoms with van der Waals surface area (Å²) in [6.07, 6.45) is 47.4. The first-order valence-corrected chi connectivity index (χ1v) is 27.1. The molecule has 7 atom stereocenters. The highest BCUT2D eigenvalue weighted by atomic mass is 16.7. The highest BCUT2D eigenvalue weighted by Gasteiger charge is 2.44. The Kier molecular flexibility index (Phi) is 42.6. The predicted octanol–water partition coefficient (Wildman–Crippen LogP) is 11.5. The summed E-state index contributed by atoms with van der Waals surface area (Å²) in [5.41, 5.74) is 0. The molecule has 1 saturated heterocycles. The summed E-state index contributed by atoms with van der Waals surface area (Å²) < 4.78 is 16.6. The molecular formula is C56H99NO10. The number of esters is 1. The summed E-state index contributed by atoms with van der Waals surface area (Å²) in [6, 6.07) is -0.847. The standard InChI is InChI=1S/C56H99NO10/c1-3-5-7-9-11-13-22-26-30-34-38-42-49(59)48(47-66-56-55(64)54(63)53(62)50(46-58)67-56)57-51(60)43-39-35-31-27-24-20-18-16-15-17-19-21-25-29-33-37-41-45-65-52(61)44-40-36-32-28-23-14-12-10-8-6-4-2/h7,9,15,17,21-22,25-26,38,42,48-50,53-56,58-59,62-64H,3-6,8,10-14,16,18-20,23-24,27-37,39-41,43-47H2,1-2H3,(H,57,60)/b9-7+,17-15-,25-21-,26-22+,42-38+. The second-order valence-corrected chi connectivity index (χ2v) is 18.6. The van der Waals surface area contributed by atoms with E-state index in [1.54, 1.807) is 6.08 Å². The van der Waals surface area contributed by atoms with Crippen molar-refractivity contribution in [1.82, 2.24) is 5.32 Å². The highest BCUT2D eigenvalue weighted by molar-refractivity contribution is 5.76. The lowest BCUT2D eigenvalue weighted by Crippen LogP contribution is -2.60. The van der Waals surface area contributed by atoms with Crippen LogP contribution in [0.3, 0.4) is 0 Å². The van der Waals surface area contributed by atoms with E-state index in [4.69, 9.17) is 14.2 Å². The van der Waals surface area contributed by atoms with E-state index in [1.807, 2.05) is 6.08 Å². The van der Waals surface area contributed by atoms with Gasteiger partial charge in [0, 0.05) is 12.8 Å². The third-order valence-electron chi connectivity index (χ3n) is 12.3. The normalized spacial score (nSPS) is 20.0. The molecule has 1 aliphatic heterocycles. The van der Waals surface area contributed by atoms with E-state index in [9.17, 15) is 35.1 Å². The van der Waals surface area contributed by atoms with E-state index in [1.165, 1.54) is 77.0 Å². The monoisotopic (exact) mass is 946 g/mol. The van der Waals surface area contributed by atoms with Crippen molar-refractivity contribution >= 4 is 11.9 Å². The van der Waals surface area contributed by atoms with Crippen LogP contribution in [0.5, 0.6) is 0 Å². The fourth-order valence-electron chi connectivity index (χ4n) is 7.97. The Bertz CT molecular complexity index is 1300. The van der Waals surface area contributed by atoms with E-state index >= 15 is 0 Å². The van der Waals surface area contributed by atoms with E-state index in [2.05, 4.69) is 67.8 Å². The SMILES string of the molecule is CCC/C=C/CC/C=C/CC/C=C/C(O)C(COC1OC(CO)C(O)C(O)C1O)NC(=O)CCCCCCCCC/C=C\C/C=C\CCCCCOC(=O)CCCCCCCCCCCCC. The fourth-order valence-corrected chi connectivity index (χ4v) is 7.97. The lowest BCUT2D eigenvalue weighted by atomic mass is 9.99. The van der Waals surface area contributed by atoms with E-state index in [0.29, 0.717) is 25.9 Å². The summed E-state index contributed by atoms with van der Waals surface area (Å²) in [5, 5.41) is 54.1. The van der Waals surface area contributed by atoms with E-state index in [0.717, 1.165) is 109 Å². The second-order valence-electron chi connectivity index (χ2n) is 18.6. The average Bonchev–Trinajstić information content (AvgIpc) is 3.32. The van der Waals surface area contributed by atoms with Crippen molar-refractivity contribution in [1.29, 1.82) is 0 Å². The molecule has 388 valence electrons. The van der Waals surface area contributed by atoms with Gasteiger partial charge in [0.2, 0.25) is 5.91 Å². The number of hydrogen-bond donors (Lipinski definition) is 6. The number of amides is 1. The summed E-state index contributed by atoms with van der Waals surface area (Å²) in [7, 11) is 0. The fraction of sp³-hybridized carbons (Fsp3) is 0.786. The average molecular weight is 946 g/mol. The zero-order valence-electron chi connectivity index (χ0n) is 42.3. The number of unbranched alkanes of at least 4 members (excludes halogenated alkanes) is 23. The Morgan fingerprint density at radius 1 is 0.552 bits per heavy atom. The van der Waals surface area contributed by atoms with Gasteiger partial charge in [-0.1, -0.05) is 177 Å². The Balaban J connectivity index is 2.17. The molecule has 11 heteroatoms. The molecular weight excluding hydrogens is 847 g/mol. The zero-order chi connectivity index (χ0) is 48.8. The van der Waals surface area contributed by atoms with Crippen LogP contribution in [0.1, 0.15) is 219 Å². The minimum absolute atomic E-state index is 0.0350. The van der Waals surface area contributed by atoms with E-state index < -0.39 is 49.5 Å². The van der Waals surface area contributed by atoms with Crippen LogP contribution in [0, 0.1) is 0 Å². The number of allylic oxidation sites excluding steroid dienone is 9. The first kappa shape index (κ1) is 62.4. The topological polar surface area (TPSA) is 175 Å². The number of carbonyl (C=O) groups excluding carboxylic acids is 2. The molecule has 67 heavy (non-hydrogen) atoms. The van der Waals surface area contributed by atoms with Gasteiger partial charge in [-0.25, -0.2) is 0 Å².